The van der Waals surface area contributed by atoms with Gasteiger partial charge in [-0.3, -0.25) is 0 Å². The Kier molecular flexibility index (Phi) is 7.78. The zero-order valence-electron chi connectivity index (χ0n) is 19.5. The fourth-order valence-electron chi connectivity index (χ4n) is 3.70. The summed E-state index contributed by atoms with van der Waals surface area (Å²) in [6, 6.07) is 7.01. The Hall–Kier alpha value is -0.409. The average molecular weight is 427 g/mol. The van der Waals surface area contributed by atoms with Crippen molar-refractivity contribution in [2.24, 2.45) is 5.92 Å². The zero-order valence-corrected chi connectivity index (χ0v) is 22.5. The molecule has 1 aromatic carbocycles. The predicted octanol–water partition coefficient (Wildman–Crippen LogP) is 6.64. The summed E-state index contributed by atoms with van der Waals surface area (Å²) in [6.07, 6.45) is 0.850. The number of benzene rings is 1. The molecule has 3 nitrogen and oxygen atoms in total. The molecule has 6 heteroatoms. The van der Waals surface area contributed by atoms with Crippen LogP contribution in [0.1, 0.15) is 38.8 Å². The van der Waals surface area contributed by atoms with Crippen LogP contribution in [-0.4, -0.2) is 30.3 Å². The molecule has 1 atom stereocenters. The molecule has 0 saturated carbocycles. The van der Waals surface area contributed by atoms with Crippen molar-refractivity contribution >= 4 is 25.2 Å². The highest BCUT2D eigenvalue weighted by Crippen LogP contribution is 2.32. The van der Waals surface area contributed by atoms with Crippen molar-refractivity contribution in [1.82, 2.24) is 0 Å². The molecule has 0 radical (unpaired) electrons. The van der Waals surface area contributed by atoms with E-state index >= 15 is 0 Å². The van der Waals surface area contributed by atoms with E-state index in [9.17, 15) is 5.11 Å². The van der Waals surface area contributed by atoms with E-state index in [4.69, 9.17) is 8.23 Å². The van der Waals surface area contributed by atoms with Crippen molar-refractivity contribution < 1.29 is 13.3 Å². The topological polar surface area (TPSA) is 38.7 Å². The maximum absolute atomic E-state index is 10.4. The fraction of sp³-hybridized carbons (Fsp3) is 0.714. The lowest BCUT2D eigenvalue weighted by Crippen LogP contribution is -2.53. The Morgan fingerprint density at radius 2 is 1.41 bits per heavy atom. The van der Waals surface area contributed by atoms with E-state index in [0.29, 0.717) is 11.7 Å². The maximum atomic E-state index is 10.4. The highest BCUT2D eigenvalue weighted by atomic mass is 28.5. The lowest BCUT2D eigenvalue weighted by Gasteiger charge is -2.39. The van der Waals surface area contributed by atoms with Gasteiger partial charge in [-0.25, -0.2) is 0 Å². The molecule has 0 amide bonds. The van der Waals surface area contributed by atoms with Crippen LogP contribution >= 0.6 is 0 Å². The standard InChI is InChI=1S/C21H42O3Si3/c1-17(14-18-15-19(21(2,3)4)12-13-20(18)22)16-27(11,23-25(5,6)7)24-26(8,9)10/h12-13,15,17,22H,14,16H2,1-11H3. The van der Waals surface area contributed by atoms with E-state index in [2.05, 4.69) is 79.6 Å². The van der Waals surface area contributed by atoms with Crippen LogP contribution in [-0.2, 0) is 20.1 Å². The summed E-state index contributed by atoms with van der Waals surface area (Å²) < 4.78 is 13.3. The number of rotatable bonds is 8. The van der Waals surface area contributed by atoms with E-state index < -0.39 is 25.2 Å². The molecule has 0 heterocycles. The van der Waals surface area contributed by atoms with Crippen molar-refractivity contribution in [2.45, 2.75) is 91.4 Å². The second-order valence-electron chi connectivity index (χ2n) is 11.2. The molecule has 0 aliphatic heterocycles. The van der Waals surface area contributed by atoms with Gasteiger partial charge in [0.2, 0.25) is 0 Å². The van der Waals surface area contributed by atoms with Gasteiger partial charge in [0.15, 0.2) is 16.6 Å². The number of phenols is 1. The molecule has 27 heavy (non-hydrogen) atoms. The first-order valence-corrected chi connectivity index (χ1v) is 19.5. The molecule has 1 unspecified atom stereocenters. The molecule has 1 N–H and O–H groups in total. The number of hydrogen-bond donors (Lipinski definition) is 1. The van der Waals surface area contributed by atoms with Gasteiger partial charge in [0.25, 0.3) is 0 Å². The predicted molar refractivity (Wildman–Crippen MR) is 125 cm³/mol. The third-order valence-corrected chi connectivity index (χ3v) is 14.1. The van der Waals surface area contributed by atoms with Gasteiger partial charge in [-0.2, -0.15) is 0 Å². The van der Waals surface area contributed by atoms with Crippen LogP contribution in [0.3, 0.4) is 0 Å². The van der Waals surface area contributed by atoms with E-state index in [1.807, 2.05) is 12.1 Å². The first-order chi connectivity index (χ1) is 11.9. The quantitative estimate of drug-likeness (QED) is 0.473. The van der Waals surface area contributed by atoms with Crippen LogP contribution in [0.5, 0.6) is 5.75 Å². The summed E-state index contributed by atoms with van der Waals surface area (Å²) in [5.41, 5.74) is 2.38. The Bertz CT molecular complexity index is 609. The van der Waals surface area contributed by atoms with Gasteiger partial charge in [0, 0.05) is 0 Å². The smallest absolute Gasteiger partial charge is 0.314 e. The van der Waals surface area contributed by atoms with E-state index in [0.717, 1.165) is 18.0 Å². The minimum atomic E-state index is -2.26. The van der Waals surface area contributed by atoms with Gasteiger partial charge in [-0.05, 0) is 86.8 Å². The van der Waals surface area contributed by atoms with Crippen LogP contribution in [0.25, 0.3) is 0 Å². The summed E-state index contributed by atoms with van der Waals surface area (Å²) >= 11 is 0. The van der Waals surface area contributed by atoms with Gasteiger partial charge in [0.05, 0.1) is 0 Å². The van der Waals surface area contributed by atoms with Gasteiger partial charge in [-0.1, -0.05) is 39.8 Å². The molecular weight excluding hydrogens is 384 g/mol. The monoisotopic (exact) mass is 426 g/mol. The fourth-order valence-corrected chi connectivity index (χ4v) is 16.7. The minimum absolute atomic E-state index is 0.0802. The van der Waals surface area contributed by atoms with Crippen LogP contribution in [0.4, 0.5) is 0 Å². The van der Waals surface area contributed by atoms with Gasteiger partial charge >= 0.3 is 8.56 Å². The first kappa shape index (κ1) is 24.6. The van der Waals surface area contributed by atoms with Gasteiger partial charge < -0.3 is 13.3 Å². The number of hydrogen-bond acceptors (Lipinski definition) is 3. The highest BCUT2D eigenvalue weighted by Gasteiger charge is 2.41. The second kappa shape index (κ2) is 8.53. The van der Waals surface area contributed by atoms with Crippen LogP contribution < -0.4 is 0 Å². The Morgan fingerprint density at radius 3 is 1.81 bits per heavy atom. The van der Waals surface area contributed by atoms with Crippen molar-refractivity contribution in [3.8, 4) is 5.75 Å². The van der Waals surface area contributed by atoms with E-state index in [1.54, 1.807) is 0 Å². The highest BCUT2D eigenvalue weighted by molar-refractivity contribution is 6.87. The molecule has 0 aliphatic carbocycles. The van der Waals surface area contributed by atoms with Gasteiger partial charge in [-0.15, -0.1) is 0 Å². The number of phenolic OH excluding ortho intramolecular Hbond substituents is 1. The summed E-state index contributed by atoms with van der Waals surface area (Å²) in [6.45, 7) is 24.6. The molecule has 1 aromatic rings. The largest absolute Gasteiger partial charge is 0.508 e. The Balaban J connectivity index is 3.01. The molecule has 156 valence electrons. The van der Waals surface area contributed by atoms with Crippen LogP contribution in [0.2, 0.25) is 51.9 Å². The van der Waals surface area contributed by atoms with Crippen LogP contribution in [0, 0.1) is 5.92 Å². The molecular formula is C21H42O3Si3. The molecule has 0 fully saturated rings. The van der Waals surface area contributed by atoms with Crippen molar-refractivity contribution in [1.29, 1.82) is 0 Å². The second-order valence-corrected chi connectivity index (χ2v) is 23.9. The molecule has 0 saturated heterocycles. The Labute approximate surface area is 171 Å². The lowest BCUT2D eigenvalue weighted by molar-refractivity contribution is 0.368. The van der Waals surface area contributed by atoms with E-state index in [-0.39, 0.29) is 5.41 Å². The molecule has 0 aromatic heterocycles. The summed E-state index contributed by atoms with van der Waals surface area (Å²) in [5.74, 6) is 0.797. The molecule has 0 spiro atoms. The summed E-state index contributed by atoms with van der Waals surface area (Å²) in [7, 11) is -5.64. The molecule has 1 rings (SSSR count). The minimum Gasteiger partial charge on any atom is -0.508 e. The average Bonchev–Trinajstić information content (AvgIpc) is 2.34. The van der Waals surface area contributed by atoms with Gasteiger partial charge in [0.1, 0.15) is 5.75 Å². The summed E-state index contributed by atoms with van der Waals surface area (Å²) in [4.78, 5) is 0. The van der Waals surface area contributed by atoms with Crippen molar-refractivity contribution in [3.63, 3.8) is 0 Å². The first-order valence-electron chi connectivity index (χ1n) is 10.1. The maximum Gasteiger partial charge on any atom is 0.314 e. The normalized spacial score (nSPS) is 15.1. The third-order valence-electron chi connectivity index (χ3n) is 4.28. The Morgan fingerprint density at radius 1 is 0.926 bits per heavy atom. The third kappa shape index (κ3) is 9.09. The molecule has 0 bridgehead atoms. The lowest BCUT2D eigenvalue weighted by atomic mass is 9.85. The SMILES string of the molecule is CC(Cc1cc(C(C)(C)C)ccc1O)C[Si](C)(O[Si](C)(C)C)O[Si](C)(C)C. The van der Waals surface area contributed by atoms with Crippen LogP contribution in [0.15, 0.2) is 18.2 Å². The van der Waals surface area contributed by atoms with Crippen molar-refractivity contribution in [2.75, 3.05) is 0 Å². The molecule has 0 aliphatic rings. The van der Waals surface area contributed by atoms with Crippen molar-refractivity contribution in [3.05, 3.63) is 29.3 Å². The van der Waals surface area contributed by atoms with E-state index in [1.165, 1.54) is 5.56 Å². The summed E-state index contributed by atoms with van der Waals surface area (Å²) in [5, 5.41) is 10.4. The number of aromatic hydroxyl groups is 1. The zero-order chi connectivity index (χ0) is 21.3.